The maximum absolute atomic E-state index is 13.5. The Morgan fingerprint density at radius 1 is 1.21 bits per heavy atom. The van der Waals surface area contributed by atoms with Crippen molar-refractivity contribution < 1.29 is 33.7 Å². The number of hydrogen-bond donors (Lipinski definition) is 1. The third-order valence-electron chi connectivity index (χ3n) is 7.06. The summed E-state index contributed by atoms with van der Waals surface area (Å²) in [5.41, 5.74) is 2.52. The number of carbonyl (C=O) groups excluding carboxylic acids is 3. The number of rotatable bonds is 7. The molecule has 12 heteroatoms. The third kappa shape index (κ3) is 4.70. The van der Waals surface area contributed by atoms with Crippen molar-refractivity contribution in [1.29, 1.82) is 0 Å². The zero-order chi connectivity index (χ0) is 28.2. The molecule has 0 aliphatic carbocycles. The Balaban J connectivity index is 1.40. The highest BCUT2D eigenvalue weighted by Crippen LogP contribution is 2.52. The van der Waals surface area contributed by atoms with Gasteiger partial charge in [-0.15, -0.1) is 23.1 Å². The maximum atomic E-state index is 13.5. The highest BCUT2D eigenvalue weighted by Gasteiger charge is 2.60. The lowest BCUT2D eigenvalue weighted by molar-refractivity contribution is -0.172. The van der Waals surface area contributed by atoms with Gasteiger partial charge in [-0.05, 0) is 38.7 Å². The van der Waals surface area contributed by atoms with Crippen LogP contribution in [0.4, 0.5) is 4.79 Å². The van der Waals surface area contributed by atoms with Gasteiger partial charge in [0.2, 0.25) is 12.2 Å². The second-order valence-electron chi connectivity index (χ2n) is 9.79. The first-order chi connectivity index (χ1) is 18.5. The summed E-state index contributed by atoms with van der Waals surface area (Å²) in [7, 11) is 0. The normalized spacial score (nSPS) is 22.0. The number of hydrogen-bond acceptors (Lipinski definition) is 10. The number of aryl methyl sites for hydroxylation is 2. The van der Waals surface area contributed by atoms with Crippen LogP contribution in [0.15, 0.2) is 41.4 Å². The minimum Gasteiger partial charge on any atom is -0.421 e. The fourth-order valence-corrected chi connectivity index (χ4v) is 7.24. The van der Waals surface area contributed by atoms with Crippen LogP contribution >= 0.6 is 23.1 Å². The first-order valence-corrected chi connectivity index (χ1v) is 14.5. The van der Waals surface area contributed by atoms with Crippen LogP contribution in [-0.4, -0.2) is 62.1 Å². The average Bonchev–Trinajstić information content (AvgIpc) is 3.50. The molecular formula is C27H29N3O7S2. The summed E-state index contributed by atoms with van der Waals surface area (Å²) in [6.45, 7) is 8.64. The summed E-state index contributed by atoms with van der Waals surface area (Å²) in [4.78, 5) is 46.5. The van der Waals surface area contributed by atoms with Gasteiger partial charge < -0.3 is 24.2 Å². The SMILES string of the molecule is CSc1ncn2cc(C3=C(C(=O)OC(C)OC(=O)Oc4ccc(C)cc4C)N4C(=O)[C@H]([C@@H](C)O)[C@H]4[C@H]3C)sc12. The number of imidazole rings is 1. The summed E-state index contributed by atoms with van der Waals surface area (Å²) >= 11 is 2.98. The summed E-state index contributed by atoms with van der Waals surface area (Å²) in [5.74, 6) is -1.68. The van der Waals surface area contributed by atoms with Crippen molar-refractivity contribution in [2.45, 2.75) is 58.1 Å². The van der Waals surface area contributed by atoms with E-state index in [0.717, 1.165) is 25.9 Å². The van der Waals surface area contributed by atoms with Crippen molar-refractivity contribution in [3.05, 3.63) is 52.4 Å². The molecule has 1 amide bonds. The van der Waals surface area contributed by atoms with Crippen LogP contribution in [0.2, 0.25) is 0 Å². The van der Waals surface area contributed by atoms with E-state index >= 15 is 0 Å². The minimum atomic E-state index is -1.28. The Kier molecular flexibility index (Phi) is 7.21. The number of aromatic nitrogens is 2. The molecule has 0 saturated carbocycles. The van der Waals surface area contributed by atoms with Crippen LogP contribution in [0, 0.1) is 25.7 Å². The zero-order valence-electron chi connectivity index (χ0n) is 22.3. The van der Waals surface area contributed by atoms with E-state index in [1.807, 2.05) is 36.8 Å². The molecule has 1 N–H and O–H groups in total. The molecule has 2 aromatic heterocycles. The Morgan fingerprint density at radius 3 is 2.62 bits per heavy atom. The lowest BCUT2D eigenvalue weighted by Crippen LogP contribution is -2.63. The molecule has 206 valence electrons. The fourth-order valence-electron chi connectivity index (χ4n) is 5.32. The van der Waals surface area contributed by atoms with E-state index in [9.17, 15) is 19.5 Å². The monoisotopic (exact) mass is 571 g/mol. The van der Waals surface area contributed by atoms with Gasteiger partial charge in [0.05, 0.1) is 22.9 Å². The van der Waals surface area contributed by atoms with Gasteiger partial charge in [-0.1, -0.05) is 24.6 Å². The first-order valence-electron chi connectivity index (χ1n) is 12.4. The van der Waals surface area contributed by atoms with Crippen LogP contribution in [0.1, 0.15) is 36.8 Å². The number of fused-ring (bicyclic) bond motifs is 2. The second-order valence-corrected chi connectivity index (χ2v) is 11.6. The first kappa shape index (κ1) is 27.2. The van der Waals surface area contributed by atoms with Gasteiger partial charge in [-0.25, -0.2) is 14.6 Å². The van der Waals surface area contributed by atoms with Gasteiger partial charge in [0.15, 0.2) is 0 Å². The van der Waals surface area contributed by atoms with Gasteiger partial charge in [0, 0.05) is 24.6 Å². The van der Waals surface area contributed by atoms with Crippen LogP contribution in [-0.2, 0) is 19.1 Å². The largest absolute Gasteiger partial charge is 0.516 e. The molecule has 39 heavy (non-hydrogen) atoms. The van der Waals surface area contributed by atoms with Crippen molar-refractivity contribution in [3.8, 4) is 5.75 Å². The molecular weight excluding hydrogens is 542 g/mol. The second kappa shape index (κ2) is 10.3. The van der Waals surface area contributed by atoms with E-state index in [1.165, 1.54) is 34.9 Å². The predicted molar refractivity (Wildman–Crippen MR) is 145 cm³/mol. The Morgan fingerprint density at radius 2 is 1.95 bits per heavy atom. The van der Waals surface area contributed by atoms with Gasteiger partial charge in [-0.3, -0.25) is 9.20 Å². The van der Waals surface area contributed by atoms with Gasteiger partial charge in [0.1, 0.15) is 27.6 Å². The molecule has 0 bridgehead atoms. The summed E-state index contributed by atoms with van der Waals surface area (Å²) < 4.78 is 17.8. The van der Waals surface area contributed by atoms with Crippen molar-refractivity contribution in [2.75, 3.05) is 6.26 Å². The molecule has 4 heterocycles. The number of esters is 1. The van der Waals surface area contributed by atoms with Crippen LogP contribution in [0.3, 0.4) is 0 Å². The molecule has 0 radical (unpaired) electrons. The van der Waals surface area contributed by atoms with Gasteiger partial charge in [-0.2, -0.15) is 0 Å². The van der Waals surface area contributed by atoms with Crippen LogP contribution in [0.5, 0.6) is 5.75 Å². The number of benzene rings is 1. The molecule has 2 aliphatic heterocycles. The van der Waals surface area contributed by atoms with Crippen LogP contribution < -0.4 is 4.74 Å². The molecule has 5 atom stereocenters. The number of aliphatic hydroxyl groups excluding tert-OH is 1. The lowest BCUT2D eigenvalue weighted by atomic mass is 9.77. The molecule has 1 aromatic carbocycles. The van der Waals surface area contributed by atoms with Crippen molar-refractivity contribution in [3.63, 3.8) is 0 Å². The number of aliphatic hydroxyl groups is 1. The van der Waals surface area contributed by atoms with Crippen molar-refractivity contribution in [1.82, 2.24) is 14.3 Å². The van der Waals surface area contributed by atoms with E-state index < -0.39 is 30.4 Å². The summed E-state index contributed by atoms with van der Waals surface area (Å²) in [6.07, 6.45) is 2.34. The Bertz CT molecular complexity index is 1510. The number of amides is 1. The highest BCUT2D eigenvalue weighted by molar-refractivity contribution is 7.98. The van der Waals surface area contributed by atoms with E-state index in [4.69, 9.17) is 14.2 Å². The number of thiazole rings is 1. The Hall–Kier alpha value is -3.35. The van der Waals surface area contributed by atoms with Crippen molar-refractivity contribution >= 4 is 51.5 Å². The number of ether oxygens (including phenoxy) is 3. The lowest BCUT2D eigenvalue weighted by Gasteiger charge is -2.46. The van der Waals surface area contributed by atoms with E-state index in [-0.39, 0.29) is 23.6 Å². The summed E-state index contributed by atoms with van der Waals surface area (Å²) in [5, 5.41) is 11.1. The molecule has 10 nitrogen and oxygen atoms in total. The van der Waals surface area contributed by atoms with Crippen LogP contribution in [0.25, 0.3) is 10.4 Å². The highest BCUT2D eigenvalue weighted by atomic mass is 32.2. The molecule has 5 rings (SSSR count). The maximum Gasteiger partial charge on any atom is 0.516 e. The molecule has 3 aromatic rings. The standard InChI is InChI=1S/C27H29N3O7S2/c1-12-7-8-17(13(2)9-12)37-27(34)36-16(5)35-26(33)22-19(14(3)21-20(15(4)31)24(32)30(21)22)18-10-29-11-28-23(38-6)25(29)39-18/h7-11,14-16,20-21,31H,1-6H3/t14-,15+,16?,20+,21+/m0/s1. The topological polar surface area (TPSA) is 120 Å². The average molecular weight is 572 g/mol. The number of β-lactam (4-membered cyclic amide) rings is 1. The number of nitrogens with zero attached hydrogens (tertiary/aromatic N) is 3. The number of carbonyl (C=O) groups is 3. The molecule has 1 unspecified atom stereocenters. The quantitative estimate of drug-likeness (QED) is 0.145. The molecule has 0 spiro atoms. The van der Waals surface area contributed by atoms with E-state index in [2.05, 4.69) is 4.98 Å². The van der Waals surface area contributed by atoms with E-state index in [0.29, 0.717) is 11.3 Å². The van der Waals surface area contributed by atoms with Gasteiger partial charge >= 0.3 is 12.1 Å². The summed E-state index contributed by atoms with van der Waals surface area (Å²) in [6, 6.07) is 4.95. The molecule has 1 fully saturated rings. The minimum absolute atomic E-state index is 0.0933. The number of thioether (sulfide) groups is 1. The van der Waals surface area contributed by atoms with E-state index in [1.54, 1.807) is 32.3 Å². The fraction of sp³-hybridized carbons (Fsp3) is 0.407. The zero-order valence-corrected chi connectivity index (χ0v) is 24.0. The Labute approximate surface area is 233 Å². The molecule has 2 aliphatic rings. The smallest absolute Gasteiger partial charge is 0.421 e. The van der Waals surface area contributed by atoms with Gasteiger partial charge in [0.25, 0.3) is 0 Å². The molecule has 1 saturated heterocycles. The van der Waals surface area contributed by atoms with Crippen molar-refractivity contribution in [2.24, 2.45) is 11.8 Å². The third-order valence-corrected chi connectivity index (χ3v) is 9.02. The predicted octanol–water partition coefficient (Wildman–Crippen LogP) is 4.41.